The van der Waals surface area contributed by atoms with E-state index in [4.69, 9.17) is 0 Å². The van der Waals surface area contributed by atoms with Crippen LogP contribution in [0.2, 0.25) is 0 Å². The first-order chi connectivity index (χ1) is 14.3. The van der Waals surface area contributed by atoms with Crippen LogP contribution in [-0.2, 0) is 4.79 Å². The van der Waals surface area contributed by atoms with Crippen LogP contribution in [0.5, 0.6) is 0 Å². The molecule has 1 amide bonds. The van der Waals surface area contributed by atoms with Gasteiger partial charge in [-0.25, -0.2) is 0 Å². The van der Waals surface area contributed by atoms with Gasteiger partial charge >= 0.3 is 0 Å². The van der Waals surface area contributed by atoms with E-state index in [-0.39, 0.29) is 5.92 Å². The summed E-state index contributed by atoms with van der Waals surface area (Å²) in [6, 6.07) is 6.72. The monoisotopic (exact) mass is 396 g/mol. The van der Waals surface area contributed by atoms with Crippen molar-refractivity contribution in [2.45, 2.75) is 51.0 Å². The third kappa shape index (κ3) is 3.84. The minimum absolute atomic E-state index is 0.159. The highest BCUT2D eigenvalue weighted by molar-refractivity contribution is 5.79. The molecule has 0 N–H and O–H groups in total. The van der Waals surface area contributed by atoms with Crippen LogP contribution in [0.25, 0.3) is 5.65 Å². The topological polar surface area (TPSA) is 57.0 Å². The number of aromatic nitrogens is 3. The Bertz CT molecular complexity index is 829. The average Bonchev–Trinajstić information content (AvgIpc) is 3.24. The molecule has 7 heteroatoms. The number of rotatable bonds is 3. The smallest absolute Gasteiger partial charge is 0.231 e. The van der Waals surface area contributed by atoms with Gasteiger partial charge in [-0.3, -0.25) is 14.1 Å². The summed E-state index contributed by atoms with van der Waals surface area (Å²) in [6.45, 7) is 5.67. The van der Waals surface area contributed by atoms with Crippen molar-refractivity contribution < 1.29 is 4.79 Å². The third-order valence-electron chi connectivity index (χ3n) is 7.14. The second kappa shape index (κ2) is 8.30. The van der Waals surface area contributed by atoms with Gasteiger partial charge in [0.2, 0.25) is 11.9 Å². The molecule has 2 saturated heterocycles. The second-order valence-electron chi connectivity index (χ2n) is 8.84. The molecule has 1 aliphatic carbocycles. The van der Waals surface area contributed by atoms with E-state index in [1.807, 2.05) is 28.8 Å². The summed E-state index contributed by atoms with van der Waals surface area (Å²) in [5, 5.41) is 8.63. The van der Waals surface area contributed by atoms with Gasteiger partial charge in [0, 0.05) is 57.4 Å². The van der Waals surface area contributed by atoms with Crippen LogP contribution in [0.3, 0.4) is 0 Å². The van der Waals surface area contributed by atoms with Gasteiger partial charge in [0.25, 0.3) is 0 Å². The minimum Gasteiger partial charge on any atom is -0.341 e. The van der Waals surface area contributed by atoms with E-state index < -0.39 is 0 Å². The number of pyridine rings is 1. The first-order valence-corrected chi connectivity index (χ1v) is 11.4. The van der Waals surface area contributed by atoms with Gasteiger partial charge in [0.15, 0.2) is 5.65 Å². The summed E-state index contributed by atoms with van der Waals surface area (Å²) in [7, 11) is 0. The van der Waals surface area contributed by atoms with E-state index >= 15 is 0 Å². The Morgan fingerprint density at radius 3 is 2.38 bits per heavy atom. The van der Waals surface area contributed by atoms with Crippen molar-refractivity contribution in [3.05, 3.63) is 24.4 Å². The SMILES string of the molecule is O=C(C1CCN(c2nnc3ccccn23)CC1)N1CCN(C2CCCCC2)CC1. The zero-order valence-electron chi connectivity index (χ0n) is 17.2. The van der Waals surface area contributed by atoms with Gasteiger partial charge in [-0.1, -0.05) is 25.3 Å². The maximum atomic E-state index is 13.1. The van der Waals surface area contributed by atoms with E-state index in [2.05, 4.69) is 24.9 Å². The molecular formula is C22H32N6O. The molecule has 156 valence electrons. The molecule has 2 aromatic rings. The fraction of sp³-hybridized carbons (Fsp3) is 0.682. The molecule has 0 atom stereocenters. The molecule has 2 aliphatic heterocycles. The van der Waals surface area contributed by atoms with Crippen LogP contribution >= 0.6 is 0 Å². The van der Waals surface area contributed by atoms with Crippen LogP contribution in [0.15, 0.2) is 24.4 Å². The van der Waals surface area contributed by atoms with Crippen molar-refractivity contribution in [2.75, 3.05) is 44.2 Å². The Balaban J connectivity index is 1.14. The van der Waals surface area contributed by atoms with Crippen LogP contribution in [0, 0.1) is 5.92 Å². The summed E-state index contributed by atoms with van der Waals surface area (Å²) in [4.78, 5) is 20.1. The predicted octanol–water partition coefficient (Wildman–Crippen LogP) is 2.42. The Morgan fingerprint density at radius 1 is 0.862 bits per heavy atom. The summed E-state index contributed by atoms with van der Waals surface area (Å²) >= 11 is 0. The van der Waals surface area contributed by atoms with Crippen molar-refractivity contribution in [3.63, 3.8) is 0 Å². The highest BCUT2D eigenvalue weighted by Gasteiger charge is 2.33. The predicted molar refractivity (Wildman–Crippen MR) is 113 cm³/mol. The zero-order chi connectivity index (χ0) is 19.6. The van der Waals surface area contributed by atoms with Crippen LogP contribution in [-0.4, -0.2) is 75.6 Å². The van der Waals surface area contributed by atoms with E-state index in [0.717, 1.165) is 69.7 Å². The van der Waals surface area contributed by atoms with Crippen molar-refractivity contribution in [1.29, 1.82) is 0 Å². The molecule has 0 unspecified atom stereocenters. The van der Waals surface area contributed by atoms with Crippen molar-refractivity contribution in [2.24, 2.45) is 5.92 Å². The lowest BCUT2D eigenvalue weighted by Crippen LogP contribution is -2.54. The first-order valence-electron chi connectivity index (χ1n) is 11.4. The number of piperidine rings is 1. The number of carbonyl (C=O) groups excluding carboxylic acids is 1. The maximum Gasteiger partial charge on any atom is 0.231 e. The number of fused-ring (bicyclic) bond motifs is 1. The Labute approximate surface area is 172 Å². The molecule has 0 bridgehead atoms. The molecule has 3 aliphatic rings. The molecule has 0 radical (unpaired) electrons. The number of anilines is 1. The average molecular weight is 397 g/mol. The standard InChI is InChI=1S/C22H32N6O/c29-21(26-16-14-25(15-17-26)19-6-2-1-3-7-19)18-9-12-27(13-10-18)22-24-23-20-8-4-5-11-28(20)22/h4-5,8,11,18-19H,1-3,6-7,9-10,12-17H2. The Hall–Kier alpha value is -2.15. The normalized spacial score (nSPS) is 23.0. The maximum absolute atomic E-state index is 13.1. The summed E-state index contributed by atoms with van der Waals surface area (Å²) in [6.07, 6.45) is 10.7. The van der Waals surface area contributed by atoms with Gasteiger partial charge < -0.3 is 9.80 Å². The molecule has 4 heterocycles. The lowest BCUT2D eigenvalue weighted by atomic mass is 9.93. The van der Waals surface area contributed by atoms with Gasteiger partial charge in [-0.2, -0.15) is 0 Å². The Morgan fingerprint density at radius 2 is 1.62 bits per heavy atom. The van der Waals surface area contributed by atoms with Crippen molar-refractivity contribution in [3.8, 4) is 0 Å². The molecule has 1 saturated carbocycles. The highest BCUT2D eigenvalue weighted by Crippen LogP contribution is 2.26. The van der Waals surface area contributed by atoms with E-state index in [1.54, 1.807) is 0 Å². The van der Waals surface area contributed by atoms with Gasteiger partial charge in [0.05, 0.1) is 0 Å². The van der Waals surface area contributed by atoms with Crippen molar-refractivity contribution >= 4 is 17.5 Å². The largest absolute Gasteiger partial charge is 0.341 e. The van der Waals surface area contributed by atoms with Crippen LogP contribution in [0.4, 0.5) is 5.95 Å². The van der Waals surface area contributed by atoms with Gasteiger partial charge in [0.1, 0.15) is 0 Å². The Kier molecular flexibility index (Phi) is 5.40. The quantitative estimate of drug-likeness (QED) is 0.798. The van der Waals surface area contributed by atoms with E-state index in [0.29, 0.717) is 5.91 Å². The molecule has 0 spiro atoms. The molecule has 0 aromatic carbocycles. The van der Waals surface area contributed by atoms with Gasteiger partial charge in [-0.05, 0) is 37.8 Å². The molecule has 5 rings (SSSR count). The second-order valence-corrected chi connectivity index (χ2v) is 8.84. The number of amides is 1. The lowest BCUT2D eigenvalue weighted by Gasteiger charge is -2.42. The highest BCUT2D eigenvalue weighted by atomic mass is 16.2. The molecule has 2 aromatic heterocycles. The van der Waals surface area contributed by atoms with Crippen molar-refractivity contribution in [1.82, 2.24) is 24.4 Å². The zero-order valence-corrected chi connectivity index (χ0v) is 17.2. The fourth-order valence-electron chi connectivity index (χ4n) is 5.38. The first kappa shape index (κ1) is 18.9. The molecule has 3 fully saturated rings. The number of piperazine rings is 1. The van der Waals surface area contributed by atoms with Crippen LogP contribution < -0.4 is 4.90 Å². The summed E-state index contributed by atoms with van der Waals surface area (Å²) < 4.78 is 2.03. The molecular weight excluding hydrogens is 364 g/mol. The minimum atomic E-state index is 0.159. The van der Waals surface area contributed by atoms with Gasteiger partial charge in [-0.15, -0.1) is 10.2 Å². The number of hydrogen-bond acceptors (Lipinski definition) is 5. The number of nitrogens with zero attached hydrogens (tertiary/aromatic N) is 6. The number of carbonyl (C=O) groups is 1. The van der Waals surface area contributed by atoms with E-state index in [1.165, 1.54) is 32.1 Å². The summed E-state index contributed by atoms with van der Waals surface area (Å²) in [5.41, 5.74) is 0.872. The molecule has 29 heavy (non-hydrogen) atoms. The van der Waals surface area contributed by atoms with E-state index in [9.17, 15) is 4.79 Å². The lowest BCUT2D eigenvalue weighted by molar-refractivity contribution is -0.138. The van der Waals surface area contributed by atoms with Crippen LogP contribution in [0.1, 0.15) is 44.9 Å². The third-order valence-corrected chi connectivity index (χ3v) is 7.14. The summed E-state index contributed by atoms with van der Waals surface area (Å²) in [5.74, 6) is 1.43. The number of hydrogen-bond donors (Lipinski definition) is 0. The molecule has 7 nitrogen and oxygen atoms in total. The fourth-order valence-corrected chi connectivity index (χ4v) is 5.38.